The lowest BCUT2D eigenvalue weighted by atomic mass is 10.1. The van der Waals surface area contributed by atoms with Gasteiger partial charge in [-0.05, 0) is 26.8 Å². The summed E-state index contributed by atoms with van der Waals surface area (Å²) in [6.07, 6.45) is 2.28. The molecule has 0 aliphatic heterocycles. The van der Waals surface area contributed by atoms with Gasteiger partial charge in [-0.25, -0.2) is 9.18 Å². The number of hydrogen-bond donors (Lipinski definition) is 2. The number of nitrogens with zero attached hydrogens (tertiary/aromatic N) is 1. The van der Waals surface area contributed by atoms with Gasteiger partial charge in [0.25, 0.3) is 5.69 Å². The monoisotopic (exact) mass is 311 g/mol. The van der Waals surface area contributed by atoms with E-state index < -0.39 is 28.1 Å². The maximum atomic E-state index is 13.3. The van der Waals surface area contributed by atoms with E-state index in [4.69, 9.17) is 10.5 Å². The molecule has 0 bridgehead atoms. The Hall–Kier alpha value is -2.64. The van der Waals surface area contributed by atoms with Crippen molar-refractivity contribution in [2.75, 3.05) is 12.3 Å². The molecule has 3 N–H and O–H groups in total. The lowest BCUT2D eigenvalue weighted by molar-refractivity contribution is -0.384. The van der Waals surface area contributed by atoms with Gasteiger partial charge in [0.05, 0.1) is 11.0 Å². The number of carbonyl (C=O) groups is 1. The van der Waals surface area contributed by atoms with Gasteiger partial charge in [-0.1, -0.05) is 12.2 Å². The van der Waals surface area contributed by atoms with E-state index in [2.05, 4.69) is 5.32 Å². The normalized spacial score (nSPS) is 11.5. The van der Waals surface area contributed by atoms with Crippen molar-refractivity contribution in [2.45, 2.75) is 26.4 Å². The molecular weight excluding hydrogens is 293 g/mol. The Kier molecular flexibility index (Phi) is 5.44. The molecule has 0 heterocycles. The summed E-state index contributed by atoms with van der Waals surface area (Å²) < 4.78 is 18.3. The Bertz CT molecular complexity index is 609. The topological polar surface area (TPSA) is 107 Å². The number of nitrogens with one attached hydrogen (secondary N) is 1. The molecule has 1 aromatic carbocycles. The number of hydrogen-bond acceptors (Lipinski definition) is 5. The van der Waals surface area contributed by atoms with Gasteiger partial charge < -0.3 is 15.8 Å². The number of rotatable bonds is 4. The fourth-order valence-corrected chi connectivity index (χ4v) is 1.56. The predicted molar refractivity (Wildman–Crippen MR) is 80.7 cm³/mol. The summed E-state index contributed by atoms with van der Waals surface area (Å²) in [5.41, 5.74) is 4.52. The van der Waals surface area contributed by atoms with E-state index in [1.807, 2.05) is 0 Å². The summed E-state index contributed by atoms with van der Waals surface area (Å²) in [5, 5.41) is 13.2. The summed E-state index contributed by atoms with van der Waals surface area (Å²) in [5.74, 6) is -0.763. The number of ether oxygens (including phenoxy) is 1. The number of amides is 1. The van der Waals surface area contributed by atoms with Crippen LogP contribution in [0.25, 0.3) is 6.08 Å². The van der Waals surface area contributed by atoms with Crippen LogP contribution in [-0.4, -0.2) is 23.2 Å². The minimum Gasteiger partial charge on any atom is -0.444 e. The van der Waals surface area contributed by atoms with Crippen LogP contribution in [0.15, 0.2) is 18.2 Å². The number of nitrogen functional groups attached to an aromatic ring is 1. The number of halogens is 1. The fraction of sp³-hybridized carbons (Fsp3) is 0.357. The van der Waals surface area contributed by atoms with Crippen molar-refractivity contribution in [3.05, 3.63) is 39.7 Å². The van der Waals surface area contributed by atoms with Crippen molar-refractivity contribution in [2.24, 2.45) is 0 Å². The molecule has 1 amide bonds. The van der Waals surface area contributed by atoms with Crippen molar-refractivity contribution < 1.29 is 18.8 Å². The van der Waals surface area contributed by atoms with E-state index in [1.165, 1.54) is 12.2 Å². The first kappa shape index (κ1) is 17.4. The first-order valence-corrected chi connectivity index (χ1v) is 6.47. The second-order valence-electron chi connectivity index (χ2n) is 5.47. The standard InChI is InChI=1S/C14H18FN3O4/c1-14(2,3)22-13(19)17-6-4-5-9-7-10(15)8-11(12(9)16)18(20)21/h4-5,7-8H,6,16H2,1-3H3,(H,17,19). The number of anilines is 1. The molecule has 0 fully saturated rings. The zero-order valence-corrected chi connectivity index (χ0v) is 12.6. The Morgan fingerprint density at radius 3 is 2.68 bits per heavy atom. The van der Waals surface area contributed by atoms with Crippen LogP contribution < -0.4 is 11.1 Å². The minimum absolute atomic E-state index is 0.110. The maximum absolute atomic E-state index is 13.3. The molecule has 0 unspecified atom stereocenters. The molecule has 22 heavy (non-hydrogen) atoms. The predicted octanol–water partition coefficient (Wildman–Crippen LogP) is 2.85. The van der Waals surface area contributed by atoms with Gasteiger partial charge in [0, 0.05) is 12.1 Å². The molecule has 1 rings (SSSR count). The average Bonchev–Trinajstić information content (AvgIpc) is 2.35. The van der Waals surface area contributed by atoms with Gasteiger partial charge in [0.15, 0.2) is 0 Å². The zero-order valence-electron chi connectivity index (χ0n) is 12.6. The molecule has 8 heteroatoms. The molecule has 0 saturated heterocycles. The second-order valence-corrected chi connectivity index (χ2v) is 5.47. The number of nitrogens with two attached hydrogens (primary N) is 1. The van der Waals surface area contributed by atoms with Crippen LogP contribution in [0.2, 0.25) is 0 Å². The maximum Gasteiger partial charge on any atom is 0.407 e. The smallest absolute Gasteiger partial charge is 0.407 e. The summed E-state index contributed by atoms with van der Waals surface area (Å²) in [6, 6.07) is 1.83. The Balaban J connectivity index is 2.72. The third-order valence-corrected chi connectivity index (χ3v) is 2.41. The fourth-order valence-electron chi connectivity index (χ4n) is 1.56. The molecular formula is C14H18FN3O4. The first-order valence-electron chi connectivity index (χ1n) is 6.47. The Morgan fingerprint density at radius 2 is 2.14 bits per heavy atom. The highest BCUT2D eigenvalue weighted by Gasteiger charge is 2.16. The molecule has 0 aliphatic carbocycles. The van der Waals surface area contributed by atoms with Crippen molar-refractivity contribution in [3.63, 3.8) is 0 Å². The van der Waals surface area contributed by atoms with Gasteiger partial charge in [-0.15, -0.1) is 0 Å². The first-order chi connectivity index (χ1) is 10.1. The van der Waals surface area contributed by atoms with Crippen molar-refractivity contribution in [1.29, 1.82) is 0 Å². The van der Waals surface area contributed by atoms with Crippen LogP contribution >= 0.6 is 0 Å². The molecule has 0 spiro atoms. The van der Waals surface area contributed by atoms with E-state index in [-0.39, 0.29) is 17.8 Å². The number of alkyl carbamates (subject to hydrolysis) is 1. The number of benzene rings is 1. The average molecular weight is 311 g/mol. The van der Waals surface area contributed by atoms with Crippen molar-refractivity contribution >= 4 is 23.5 Å². The van der Waals surface area contributed by atoms with Gasteiger partial charge in [-0.3, -0.25) is 10.1 Å². The third kappa shape index (κ3) is 5.39. The summed E-state index contributed by atoms with van der Waals surface area (Å²) >= 11 is 0. The number of nitro groups is 1. The summed E-state index contributed by atoms with van der Waals surface area (Å²) in [7, 11) is 0. The molecule has 0 aromatic heterocycles. The van der Waals surface area contributed by atoms with Crippen LogP contribution in [0.3, 0.4) is 0 Å². The lowest BCUT2D eigenvalue weighted by Crippen LogP contribution is -2.32. The van der Waals surface area contributed by atoms with Crippen LogP contribution in [0.5, 0.6) is 0 Å². The quantitative estimate of drug-likeness (QED) is 0.505. The molecule has 0 atom stereocenters. The van der Waals surface area contributed by atoms with Crippen LogP contribution in [-0.2, 0) is 4.74 Å². The second kappa shape index (κ2) is 6.88. The van der Waals surface area contributed by atoms with Crippen LogP contribution in [0.1, 0.15) is 26.3 Å². The molecule has 0 radical (unpaired) electrons. The van der Waals surface area contributed by atoms with Crippen LogP contribution in [0, 0.1) is 15.9 Å². The minimum atomic E-state index is -0.763. The zero-order chi connectivity index (χ0) is 16.9. The van der Waals surface area contributed by atoms with Crippen LogP contribution in [0.4, 0.5) is 20.6 Å². The van der Waals surface area contributed by atoms with Gasteiger partial charge in [0.1, 0.15) is 17.1 Å². The third-order valence-electron chi connectivity index (χ3n) is 2.41. The highest BCUT2D eigenvalue weighted by molar-refractivity contribution is 5.73. The largest absolute Gasteiger partial charge is 0.444 e. The molecule has 0 aliphatic rings. The van der Waals surface area contributed by atoms with E-state index in [0.717, 1.165) is 12.1 Å². The van der Waals surface area contributed by atoms with E-state index >= 15 is 0 Å². The van der Waals surface area contributed by atoms with E-state index in [1.54, 1.807) is 20.8 Å². The Labute approximate surface area is 127 Å². The van der Waals surface area contributed by atoms with Gasteiger partial charge in [-0.2, -0.15) is 0 Å². The highest BCUT2D eigenvalue weighted by atomic mass is 19.1. The van der Waals surface area contributed by atoms with Gasteiger partial charge in [0.2, 0.25) is 0 Å². The molecule has 1 aromatic rings. The van der Waals surface area contributed by atoms with E-state index in [0.29, 0.717) is 0 Å². The van der Waals surface area contributed by atoms with E-state index in [9.17, 15) is 19.3 Å². The molecule has 120 valence electrons. The SMILES string of the molecule is CC(C)(C)OC(=O)NCC=Cc1cc(F)cc([N+](=O)[O-])c1N. The molecule has 0 saturated carbocycles. The number of carbonyl (C=O) groups excluding carboxylic acids is 1. The van der Waals surface area contributed by atoms with Gasteiger partial charge >= 0.3 is 6.09 Å². The van der Waals surface area contributed by atoms with Crippen molar-refractivity contribution in [1.82, 2.24) is 5.32 Å². The summed E-state index contributed by atoms with van der Waals surface area (Å²) in [4.78, 5) is 21.4. The van der Waals surface area contributed by atoms with Crippen molar-refractivity contribution in [3.8, 4) is 0 Å². The lowest BCUT2D eigenvalue weighted by Gasteiger charge is -2.19. The summed E-state index contributed by atoms with van der Waals surface area (Å²) in [6.45, 7) is 5.30. The Morgan fingerprint density at radius 1 is 1.50 bits per heavy atom. The molecule has 7 nitrogen and oxygen atoms in total. The number of nitro benzene ring substituents is 1. The highest BCUT2D eigenvalue weighted by Crippen LogP contribution is 2.27.